The van der Waals surface area contributed by atoms with E-state index in [1.54, 1.807) is 4.90 Å². The lowest BCUT2D eigenvalue weighted by Gasteiger charge is -2.44. The Morgan fingerprint density at radius 1 is 1.28 bits per heavy atom. The Bertz CT molecular complexity index is 347. The minimum atomic E-state index is -0.791. The van der Waals surface area contributed by atoms with Crippen LogP contribution < -0.4 is 0 Å². The summed E-state index contributed by atoms with van der Waals surface area (Å²) >= 11 is 0. The van der Waals surface area contributed by atoms with Crippen LogP contribution in [-0.2, 0) is 9.59 Å². The van der Waals surface area contributed by atoms with Crippen molar-refractivity contribution in [1.29, 1.82) is 0 Å². The number of hydrogen-bond acceptors (Lipinski definition) is 2. The maximum Gasteiger partial charge on any atom is 0.305 e. The van der Waals surface area contributed by atoms with Gasteiger partial charge in [-0.05, 0) is 25.2 Å². The number of rotatable bonds is 4. The van der Waals surface area contributed by atoms with E-state index in [2.05, 4.69) is 6.92 Å². The van der Waals surface area contributed by atoms with Gasteiger partial charge in [-0.15, -0.1) is 0 Å². The molecule has 2 atom stereocenters. The Hall–Kier alpha value is -1.06. The standard InChI is InChI=1S/C14H23NO3/c1-10-8-11(10)13(18)15(2)14(9-12(16)17)6-4-3-5-7-14/h10-11H,3-9H2,1-2H3,(H,16,17). The van der Waals surface area contributed by atoms with Gasteiger partial charge in [0, 0.05) is 13.0 Å². The predicted octanol–water partition coefficient (Wildman–Crippen LogP) is 2.28. The zero-order valence-corrected chi connectivity index (χ0v) is 11.3. The second-order valence-corrected chi connectivity index (χ2v) is 6.07. The van der Waals surface area contributed by atoms with Gasteiger partial charge in [-0.1, -0.05) is 26.2 Å². The first-order valence-corrected chi connectivity index (χ1v) is 6.96. The monoisotopic (exact) mass is 253 g/mol. The molecule has 0 aromatic heterocycles. The molecule has 2 fully saturated rings. The molecule has 2 saturated carbocycles. The molecule has 2 aliphatic rings. The van der Waals surface area contributed by atoms with Crippen molar-refractivity contribution in [2.24, 2.45) is 11.8 Å². The third kappa shape index (κ3) is 2.52. The fraction of sp³-hybridized carbons (Fsp3) is 0.857. The number of nitrogens with zero attached hydrogens (tertiary/aromatic N) is 1. The molecule has 0 aromatic carbocycles. The molecule has 4 heteroatoms. The SMILES string of the molecule is CC1CC1C(=O)N(C)C1(CC(=O)O)CCCCC1. The van der Waals surface area contributed by atoms with Crippen LogP contribution in [0.3, 0.4) is 0 Å². The highest BCUT2D eigenvalue weighted by atomic mass is 16.4. The van der Waals surface area contributed by atoms with E-state index in [4.69, 9.17) is 5.11 Å². The minimum absolute atomic E-state index is 0.0936. The smallest absolute Gasteiger partial charge is 0.305 e. The molecule has 102 valence electrons. The number of aliphatic carboxylic acids is 1. The normalized spacial score (nSPS) is 29.7. The summed E-state index contributed by atoms with van der Waals surface area (Å²) in [6, 6.07) is 0. The second kappa shape index (κ2) is 4.90. The number of carbonyl (C=O) groups excluding carboxylic acids is 1. The van der Waals surface area contributed by atoms with Gasteiger partial charge >= 0.3 is 5.97 Å². The highest BCUT2D eigenvalue weighted by Gasteiger charge is 2.47. The van der Waals surface area contributed by atoms with Crippen LogP contribution in [-0.4, -0.2) is 34.5 Å². The Balaban J connectivity index is 2.11. The Morgan fingerprint density at radius 3 is 2.28 bits per heavy atom. The van der Waals surface area contributed by atoms with Crippen LogP contribution >= 0.6 is 0 Å². The van der Waals surface area contributed by atoms with Crippen LogP contribution in [0.15, 0.2) is 0 Å². The van der Waals surface area contributed by atoms with Crippen LogP contribution in [0.1, 0.15) is 51.9 Å². The van der Waals surface area contributed by atoms with Crippen LogP contribution in [0.25, 0.3) is 0 Å². The van der Waals surface area contributed by atoms with Crippen LogP contribution in [0.4, 0.5) is 0 Å². The summed E-state index contributed by atoms with van der Waals surface area (Å²) in [6.07, 6.45) is 5.95. The Kier molecular flexibility index (Phi) is 3.64. The lowest BCUT2D eigenvalue weighted by molar-refractivity contribution is -0.146. The zero-order chi connectivity index (χ0) is 13.3. The Morgan fingerprint density at radius 2 is 1.83 bits per heavy atom. The van der Waals surface area contributed by atoms with Crippen molar-refractivity contribution in [1.82, 2.24) is 4.90 Å². The lowest BCUT2D eigenvalue weighted by Crippen LogP contribution is -2.52. The van der Waals surface area contributed by atoms with E-state index < -0.39 is 11.5 Å². The van der Waals surface area contributed by atoms with E-state index in [9.17, 15) is 9.59 Å². The highest BCUT2D eigenvalue weighted by Crippen LogP contribution is 2.43. The van der Waals surface area contributed by atoms with E-state index in [1.165, 1.54) is 0 Å². The summed E-state index contributed by atoms with van der Waals surface area (Å²) in [7, 11) is 1.81. The molecular formula is C14H23NO3. The minimum Gasteiger partial charge on any atom is -0.481 e. The number of carbonyl (C=O) groups is 2. The van der Waals surface area contributed by atoms with Gasteiger partial charge in [0.05, 0.1) is 12.0 Å². The quantitative estimate of drug-likeness (QED) is 0.836. The van der Waals surface area contributed by atoms with Crippen LogP contribution in [0, 0.1) is 11.8 Å². The number of carboxylic acids is 1. The molecule has 2 aliphatic carbocycles. The molecule has 0 aromatic rings. The molecule has 1 N–H and O–H groups in total. The number of amides is 1. The summed E-state index contributed by atoms with van der Waals surface area (Å²) in [5, 5.41) is 9.13. The fourth-order valence-corrected chi connectivity index (χ4v) is 3.27. The van der Waals surface area contributed by atoms with Crippen molar-refractivity contribution >= 4 is 11.9 Å². The predicted molar refractivity (Wildman–Crippen MR) is 68.1 cm³/mol. The number of carboxylic acid groups (broad SMARTS) is 1. The second-order valence-electron chi connectivity index (χ2n) is 6.07. The van der Waals surface area contributed by atoms with Gasteiger partial charge in [-0.25, -0.2) is 0 Å². The molecule has 0 saturated heterocycles. The van der Waals surface area contributed by atoms with Crippen molar-refractivity contribution in [2.75, 3.05) is 7.05 Å². The molecule has 4 nitrogen and oxygen atoms in total. The van der Waals surface area contributed by atoms with Crippen molar-refractivity contribution < 1.29 is 14.7 Å². The largest absolute Gasteiger partial charge is 0.481 e. The molecule has 18 heavy (non-hydrogen) atoms. The summed E-state index contributed by atoms with van der Waals surface area (Å²) in [6.45, 7) is 2.08. The number of hydrogen-bond donors (Lipinski definition) is 1. The molecule has 0 radical (unpaired) electrons. The topological polar surface area (TPSA) is 57.6 Å². The highest BCUT2D eigenvalue weighted by molar-refractivity contribution is 5.83. The summed E-state index contributed by atoms with van der Waals surface area (Å²) in [5.74, 6) is -0.0148. The van der Waals surface area contributed by atoms with Crippen molar-refractivity contribution in [2.45, 2.75) is 57.4 Å². The van der Waals surface area contributed by atoms with Crippen LogP contribution in [0.2, 0.25) is 0 Å². The first kappa shape index (κ1) is 13.4. The molecule has 0 aliphatic heterocycles. The van der Waals surface area contributed by atoms with Crippen molar-refractivity contribution in [3.8, 4) is 0 Å². The van der Waals surface area contributed by atoms with Gasteiger partial charge in [0.15, 0.2) is 0 Å². The molecule has 0 bridgehead atoms. The van der Waals surface area contributed by atoms with E-state index in [0.29, 0.717) is 5.92 Å². The zero-order valence-electron chi connectivity index (χ0n) is 11.3. The molecule has 0 spiro atoms. The van der Waals surface area contributed by atoms with E-state index >= 15 is 0 Å². The third-order valence-corrected chi connectivity index (χ3v) is 4.73. The summed E-state index contributed by atoms with van der Waals surface area (Å²) < 4.78 is 0. The average Bonchev–Trinajstić information content (AvgIpc) is 3.05. The van der Waals surface area contributed by atoms with E-state index in [0.717, 1.165) is 38.5 Å². The Labute approximate surface area is 108 Å². The molecule has 2 rings (SSSR count). The van der Waals surface area contributed by atoms with Gasteiger partial charge < -0.3 is 10.0 Å². The lowest BCUT2D eigenvalue weighted by atomic mass is 9.78. The maximum absolute atomic E-state index is 12.3. The first-order chi connectivity index (χ1) is 8.46. The molecule has 0 heterocycles. The third-order valence-electron chi connectivity index (χ3n) is 4.73. The average molecular weight is 253 g/mol. The van der Waals surface area contributed by atoms with Gasteiger partial charge in [0.2, 0.25) is 5.91 Å². The van der Waals surface area contributed by atoms with Crippen molar-refractivity contribution in [3.63, 3.8) is 0 Å². The van der Waals surface area contributed by atoms with E-state index in [-0.39, 0.29) is 18.2 Å². The van der Waals surface area contributed by atoms with E-state index in [1.807, 2.05) is 7.05 Å². The van der Waals surface area contributed by atoms with Crippen molar-refractivity contribution in [3.05, 3.63) is 0 Å². The molecular weight excluding hydrogens is 230 g/mol. The van der Waals surface area contributed by atoms with Gasteiger partial charge in [-0.2, -0.15) is 0 Å². The fourth-order valence-electron chi connectivity index (χ4n) is 3.27. The molecule has 2 unspecified atom stereocenters. The van der Waals surface area contributed by atoms with Gasteiger partial charge in [0.1, 0.15) is 0 Å². The maximum atomic E-state index is 12.3. The first-order valence-electron chi connectivity index (χ1n) is 6.96. The summed E-state index contributed by atoms with van der Waals surface area (Å²) in [4.78, 5) is 25.2. The summed E-state index contributed by atoms with van der Waals surface area (Å²) in [5.41, 5.74) is -0.427. The van der Waals surface area contributed by atoms with Crippen LogP contribution in [0.5, 0.6) is 0 Å². The molecule has 1 amide bonds. The van der Waals surface area contributed by atoms with Gasteiger partial charge in [-0.3, -0.25) is 9.59 Å². The van der Waals surface area contributed by atoms with Gasteiger partial charge in [0.25, 0.3) is 0 Å².